The number of imide groups is 1. The van der Waals surface area contributed by atoms with E-state index < -0.39 is 0 Å². The van der Waals surface area contributed by atoms with Crippen LogP contribution in [-0.4, -0.2) is 22.8 Å². The molecular formula is C11H15NO2. The molecule has 1 heterocycles. The highest BCUT2D eigenvalue weighted by atomic mass is 16.2. The van der Waals surface area contributed by atoms with Gasteiger partial charge in [-0.05, 0) is 18.9 Å². The summed E-state index contributed by atoms with van der Waals surface area (Å²) in [6, 6.07) is 0.176. The van der Waals surface area contributed by atoms with Crippen molar-refractivity contribution in [3.8, 4) is 0 Å². The maximum atomic E-state index is 11.6. The minimum atomic E-state index is -0.224. The van der Waals surface area contributed by atoms with Crippen LogP contribution in [0.3, 0.4) is 0 Å². The lowest BCUT2D eigenvalue weighted by Gasteiger charge is -2.44. The van der Waals surface area contributed by atoms with E-state index in [1.165, 1.54) is 17.4 Å². The second-order valence-corrected chi connectivity index (χ2v) is 4.06. The number of hydrogen-bond acceptors (Lipinski definition) is 2. The van der Waals surface area contributed by atoms with Crippen LogP contribution < -0.4 is 0 Å². The van der Waals surface area contributed by atoms with Crippen molar-refractivity contribution in [2.75, 3.05) is 0 Å². The van der Waals surface area contributed by atoms with Gasteiger partial charge in [-0.3, -0.25) is 14.5 Å². The molecule has 2 unspecified atom stereocenters. The van der Waals surface area contributed by atoms with Crippen LogP contribution in [0.2, 0.25) is 0 Å². The molecule has 3 heteroatoms. The Labute approximate surface area is 83.8 Å². The van der Waals surface area contributed by atoms with E-state index in [0.717, 1.165) is 25.7 Å². The summed E-state index contributed by atoms with van der Waals surface area (Å²) >= 11 is 0. The summed E-state index contributed by atoms with van der Waals surface area (Å²) in [6.45, 7) is 3.42. The zero-order valence-electron chi connectivity index (χ0n) is 8.24. The first kappa shape index (κ1) is 9.44. The highest BCUT2D eigenvalue weighted by molar-refractivity contribution is 6.06. The molecule has 2 atom stereocenters. The average molecular weight is 193 g/mol. The zero-order chi connectivity index (χ0) is 10.1. The van der Waals surface area contributed by atoms with Crippen LogP contribution in [0.1, 0.15) is 32.1 Å². The SMILES string of the molecule is C=CC(=O)N1C(=O)C2CCCCCC21. The van der Waals surface area contributed by atoms with Crippen molar-refractivity contribution < 1.29 is 9.59 Å². The lowest BCUT2D eigenvalue weighted by molar-refractivity contribution is -0.164. The Balaban J connectivity index is 2.11. The zero-order valence-corrected chi connectivity index (χ0v) is 8.24. The molecule has 14 heavy (non-hydrogen) atoms. The highest BCUT2D eigenvalue weighted by Gasteiger charge is 2.49. The minimum absolute atomic E-state index is 0.0156. The molecule has 0 radical (unpaired) electrons. The molecule has 2 rings (SSSR count). The fourth-order valence-electron chi connectivity index (χ4n) is 2.52. The summed E-state index contributed by atoms with van der Waals surface area (Å²) in [5.41, 5.74) is 0. The predicted octanol–water partition coefficient (Wildman–Crippen LogP) is 1.49. The van der Waals surface area contributed by atoms with Crippen LogP contribution in [0.5, 0.6) is 0 Å². The van der Waals surface area contributed by atoms with Gasteiger partial charge in [-0.1, -0.05) is 25.8 Å². The summed E-state index contributed by atoms with van der Waals surface area (Å²) in [7, 11) is 0. The Morgan fingerprint density at radius 3 is 2.79 bits per heavy atom. The molecule has 1 aliphatic carbocycles. The maximum absolute atomic E-state index is 11.6. The third-order valence-electron chi connectivity index (χ3n) is 3.28. The number of hydrogen-bond donors (Lipinski definition) is 0. The number of carbonyl (C=O) groups is 2. The van der Waals surface area contributed by atoms with Gasteiger partial charge in [0, 0.05) is 0 Å². The molecule has 0 aromatic rings. The highest BCUT2D eigenvalue weighted by Crippen LogP contribution is 2.37. The summed E-state index contributed by atoms with van der Waals surface area (Å²) in [5, 5.41) is 0. The van der Waals surface area contributed by atoms with E-state index in [9.17, 15) is 9.59 Å². The number of likely N-dealkylation sites (tertiary alicyclic amines) is 1. The Bertz CT molecular complexity index is 285. The minimum Gasteiger partial charge on any atom is -0.275 e. The van der Waals surface area contributed by atoms with Gasteiger partial charge in [0.15, 0.2) is 0 Å². The summed E-state index contributed by atoms with van der Waals surface area (Å²) in [5.74, 6) is -0.0821. The smallest absolute Gasteiger partial charge is 0.252 e. The van der Waals surface area contributed by atoms with Gasteiger partial charge in [0.25, 0.3) is 5.91 Å². The fourth-order valence-corrected chi connectivity index (χ4v) is 2.52. The van der Waals surface area contributed by atoms with E-state index in [1.54, 1.807) is 0 Å². The number of rotatable bonds is 1. The van der Waals surface area contributed by atoms with Crippen molar-refractivity contribution in [2.45, 2.75) is 38.1 Å². The van der Waals surface area contributed by atoms with Gasteiger partial charge in [-0.2, -0.15) is 0 Å². The van der Waals surface area contributed by atoms with Gasteiger partial charge in [-0.15, -0.1) is 0 Å². The summed E-state index contributed by atoms with van der Waals surface area (Å²) < 4.78 is 0. The number of β-lactam (4-membered cyclic amide) rings is 1. The number of nitrogens with zero attached hydrogens (tertiary/aromatic N) is 1. The van der Waals surface area contributed by atoms with Crippen LogP contribution in [0.15, 0.2) is 12.7 Å². The normalized spacial score (nSPS) is 31.4. The van der Waals surface area contributed by atoms with Gasteiger partial charge in [0.1, 0.15) is 0 Å². The van der Waals surface area contributed by atoms with Gasteiger partial charge < -0.3 is 0 Å². The van der Waals surface area contributed by atoms with E-state index in [-0.39, 0.29) is 23.8 Å². The van der Waals surface area contributed by atoms with Crippen LogP contribution in [0.4, 0.5) is 0 Å². The number of carbonyl (C=O) groups excluding carboxylic acids is 2. The molecule has 0 spiro atoms. The molecule has 0 N–H and O–H groups in total. The molecule has 76 valence electrons. The first-order valence-corrected chi connectivity index (χ1v) is 5.25. The van der Waals surface area contributed by atoms with E-state index in [4.69, 9.17) is 0 Å². The van der Waals surface area contributed by atoms with E-state index >= 15 is 0 Å². The third-order valence-corrected chi connectivity index (χ3v) is 3.28. The summed E-state index contributed by atoms with van der Waals surface area (Å²) in [6.07, 6.45) is 6.63. The van der Waals surface area contributed by atoms with Crippen molar-refractivity contribution in [3.63, 3.8) is 0 Å². The van der Waals surface area contributed by atoms with E-state index in [0.29, 0.717) is 0 Å². The molecule has 0 aromatic carbocycles. The maximum Gasteiger partial charge on any atom is 0.252 e. The molecule has 2 fully saturated rings. The monoisotopic (exact) mass is 193 g/mol. The van der Waals surface area contributed by atoms with Crippen LogP contribution in [0, 0.1) is 5.92 Å². The van der Waals surface area contributed by atoms with Crippen LogP contribution in [-0.2, 0) is 9.59 Å². The van der Waals surface area contributed by atoms with E-state index in [2.05, 4.69) is 6.58 Å². The first-order chi connectivity index (χ1) is 6.75. The third kappa shape index (κ3) is 1.27. The Hall–Kier alpha value is -1.12. The molecule has 2 aliphatic rings. The average Bonchev–Trinajstić information content (AvgIpc) is 2.40. The van der Waals surface area contributed by atoms with Crippen LogP contribution >= 0.6 is 0 Å². The predicted molar refractivity (Wildman–Crippen MR) is 52.4 cm³/mol. The van der Waals surface area contributed by atoms with Gasteiger partial charge >= 0.3 is 0 Å². The van der Waals surface area contributed by atoms with Crippen LogP contribution in [0.25, 0.3) is 0 Å². The summed E-state index contributed by atoms with van der Waals surface area (Å²) in [4.78, 5) is 24.4. The van der Waals surface area contributed by atoms with Crippen molar-refractivity contribution in [1.29, 1.82) is 0 Å². The molecule has 1 saturated heterocycles. The van der Waals surface area contributed by atoms with Gasteiger partial charge in [0.05, 0.1) is 12.0 Å². The standard InChI is InChI=1S/C11H15NO2/c1-2-10(13)12-9-7-5-3-4-6-8(9)11(12)14/h2,8-9H,1,3-7H2. The second-order valence-electron chi connectivity index (χ2n) is 4.06. The Kier molecular flexibility index (Phi) is 2.40. The number of amides is 2. The molecular weight excluding hydrogens is 178 g/mol. The number of fused-ring (bicyclic) bond motifs is 1. The molecule has 0 bridgehead atoms. The topological polar surface area (TPSA) is 37.4 Å². The second kappa shape index (κ2) is 3.56. The Morgan fingerprint density at radius 2 is 2.07 bits per heavy atom. The molecule has 1 aliphatic heterocycles. The Morgan fingerprint density at radius 1 is 1.36 bits per heavy atom. The van der Waals surface area contributed by atoms with Gasteiger partial charge in [0.2, 0.25) is 5.91 Å². The molecule has 1 saturated carbocycles. The van der Waals surface area contributed by atoms with E-state index in [1.807, 2.05) is 0 Å². The fraction of sp³-hybridized carbons (Fsp3) is 0.636. The largest absolute Gasteiger partial charge is 0.275 e. The molecule has 2 amide bonds. The quantitative estimate of drug-likeness (QED) is 0.467. The van der Waals surface area contributed by atoms with Gasteiger partial charge in [-0.25, -0.2) is 0 Å². The van der Waals surface area contributed by atoms with Crippen molar-refractivity contribution in [2.24, 2.45) is 5.92 Å². The van der Waals surface area contributed by atoms with Crippen molar-refractivity contribution >= 4 is 11.8 Å². The molecule has 0 aromatic heterocycles. The molecule has 3 nitrogen and oxygen atoms in total. The van der Waals surface area contributed by atoms with Crippen molar-refractivity contribution in [3.05, 3.63) is 12.7 Å². The lowest BCUT2D eigenvalue weighted by atomic mass is 9.83. The first-order valence-electron chi connectivity index (χ1n) is 5.25. The van der Waals surface area contributed by atoms with Crippen molar-refractivity contribution in [1.82, 2.24) is 4.90 Å². The lowest BCUT2D eigenvalue weighted by Crippen LogP contribution is -2.62.